The average Bonchev–Trinajstić information content (AvgIpc) is 2.69. The van der Waals surface area contributed by atoms with Gasteiger partial charge in [-0.3, -0.25) is 4.79 Å². The number of amides is 3. The summed E-state index contributed by atoms with van der Waals surface area (Å²) in [6.45, 7) is 2.52. The molecule has 0 saturated heterocycles. The standard InChI is InChI=1S/C21H28N4O3/c1-15-6-8-16(9-7-15)23-20(26)19(5-3-4-14-22)25-21(27)24-17-10-12-18(28-2)13-11-17/h6-13,19H,3-5,14,22H2,1-2H3,(H,23,26)(H2,24,25,27)/t19-/m0/s1. The summed E-state index contributed by atoms with van der Waals surface area (Å²) in [6.07, 6.45) is 2.03. The summed E-state index contributed by atoms with van der Waals surface area (Å²) in [7, 11) is 1.58. The normalized spacial score (nSPS) is 11.4. The Kier molecular flexibility index (Phi) is 8.30. The van der Waals surface area contributed by atoms with Gasteiger partial charge in [0, 0.05) is 11.4 Å². The Balaban J connectivity index is 1.98. The Bertz CT molecular complexity index is 760. The van der Waals surface area contributed by atoms with Crippen LogP contribution in [0.4, 0.5) is 16.2 Å². The molecule has 0 unspecified atom stereocenters. The van der Waals surface area contributed by atoms with Crippen molar-refractivity contribution in [1.29, 1.82) is 0 Å². The average molecular weight is 384 g/mol. The first-order chi connectivity index (χ1) is 13.5. The van der Waals surface area contributed by atoms with Gasteiger partial charge in [0.25, 0.3) is 0 Å². The van der Waals surface area contributed by atoms with E-state index in [1.165, 1.54) is 0 Å². The maximum Gasteiger partial charge on any atom is 0.319 e. The molecule has 2 aromatic rings. The second kappa shape index (κ2) is 10.9. The van der Waals surface area contributed by atoms with Crippen LogP contribution in [0.25, 0.3) is 0 Å². The molecular weight excluding hydrogens is 356 g/mol. The molecule has 1 atom stereocenters. The van der Waals surface area contributed by atoms with Crippen molar-refractivity contribution in [3.05, 3.63) is 54.1 Å². The summed E-state index contributed by atoms with van der Waals surface area (Å²) < 4.78 is 5.10. The first-order valence-electron chi connectivity index (χ1n) is 9.31. The molecule has 150 valence electrons. The number of carbonyl (C=O) groups is 2. The summed E-state index contributed by atoms with van der Waals surface area (Å²) in [5, 5.41) is 8.33. The van der Waals surface area contributed by atoms with Gasteiger partial charge in [-0.15, -0.1) is 0 Å². The Hall–Kier alpha value is -3.06. The molecule has 0 aliphatic heterocycles. The molecule has 5 N–H and O–H groups in total. The van der Waals surface area contributed by atoms with Gasteiger partial charge in [0.2, 0.25) is 5.91 Å². The van der Waals surface area contributed by atoms with Crippen LogP contribution in [0.15, 0.2) is 48.5 Å². The summed E-state index contributed by atoms with van der Waals surface area (Å²) in [5.74, 6) is 0.439. The van der Waals surface area contributed by atoms with Crippen molar-refractivity contribution in [2.24, 2.45) is 5.73 Å². The summed E-state index contributed by atoms with van der Waals surface area (Å²) >= 11 is 0. The molecule has 28 heavy (non-hydrogen) atoms. The quantitative estimate of drug-likeness (QED) is 0.498. The highest BCUT2D eigenvalue weighted by Crippen LogP contribution is 2.15. The number of aryl methyl sites for hydroxylation is 1. The van der Waals surface area contributed by atoms with Gasteiger partial charge in [-0.25, -0.2) is 4.79 Å². The van der Waals surface area contributed by atoms with Gasteiger partial charge in [-0.2, -0.15) is 0 Å². The number of nitrogens with two attached hydrogens (primary N) is 1. The first-order valence-corrected chi connectivity index (χ1v) is 9.31. The minimum absolute atomic E-state index is 0.259. The van der Waals surface area contributed by atoms with E-state index in [-0.39, 0.29) is 5.91 Å². The van der Waals surface area contributed by atoms with Crippen LogP contribution in [0.3, 0.4) is 0 Å². The Morgan fingerprint density at radius 2 is 1.57 bits per heavy atom. The fourth-order valence-corrected chi connectivity index (χ4v) is 2.63. The van der Waals surface area contributed by atoms with Crippen molar-refractivity contribution in [3.63, 3.8) is 0 Å². The van der Waals surface area contributed by atoms with Crippen LogP contribution in [0.5, 0.6) is 5.75 Å². The fraction of sp³-hybridized carbons (Fsp3) is 0.333. The van der Waals surface area contributed by atoms with Crippen LogP contribution in [0, 0.1) is 6.92 Å². The zero-order chi connectivity index (χ0) is 20.4. The highest BCUT2D eigenvalue weighted by molar-refractivity contribution is 5.99. The third-order valence-corrected chi connectivity index (χ3v) is 4.24. The van der Waals surface area contributed by atoms with Gasteiger partial charge in [0.1, 0.15) is 11.8 Å². The molecule has 0 bridgehead atoms. The van der Waals surface area contributed by atoms with Gasteiger partial charge in [-0.05, 0) is 69.1 Å². The summed E-state index contributed by atoms with van der Waals surface area (Å²) in [5.41, 5.74) is 7.95. The molecule has 2 rings (SSSR count). The molecule has 0 aliphatic carbocycles. The molecule has 7 nitrogen and oxygen atoms in total. The molecule has 0 saturated carbocycles. The van der Waals surface area contributed by atoms with Gasteiger partial charge in [-0.1, -0.05) is 17.7 Å². The zero-order valence-electron chi connectivity index (χ0n) is 16.3. The summed E-state index contributed by atoms with van der Waals surface area (Å²) in [4.78, 5) is 25.0. The SMILES string of the molecule is COc1ccc(NC(=O)N[C@@H](CCCCN)C(=O)Nc2ccc(C)cc2)cc1. The number of rotatable bonds is 9. The molecule has 2 aromatic carbocycles. The number of hydrogen-bond donors (Lipinski definition) is 4. The predicted molar refractivity (Wildman–Crippen MR) is 112 cm³/mol. The summed E-state index contributed by atoms with van der Waals surface area (Å²) in [6, 6.07) is 13.4. The second-order valence-electron chi connectivity index (χ2n) is 6.52. The van der Waals surface area contributed by atoms with E-state index in [1.807, 2.05) is 31.2 Å². The van der Waals surface area contributed by atoms with Crippen LogP contribution >= 0.6 is 0 Å². The second-order valence-corrected chi connectivity index (χ2v) is 6.52. The number of anilines is 2. The van der Waals surface area contributed by atoms with E-state index < -0.39 is 12.1 Å². The number of methoxy groups -OCH3 is 1. The minimum Gasteiger partial charge on any atom is -0.497 e. The zero-order valence-corrected chi connectivity index (χ0v) is 16.3. The van der Waals surface area contributed by atoms with Crippen LogP contribution < -0.4 is 26.4 Å². The van der Waals surface area contributed by atoms with Gasteiger partial charge in [0.05, 0.1) is 7.11 Å². The molecule has 0 aliphatic rings. The van der Waals surface area contributed by atoms with Gasteiger partial charge >= 0.3 is 6.03 Å². The predicted octanol–water partition coefficient (Wildman–Crippen LogP) is 3.26. The lowest BCUT2D eigenvalue weighted by Crippen LogP contribution is -2.45. The van der Waals surface area contributed by atoms with E-state index >= 15 is 0 Å². The van der Waals surface area contributed by atoms with Crippen LogP contribution in [0.1, 0.15) is 24.8 Å². The van der Waals surface area contributed by atoms with Crippen molar-refractivity contribution in [2.75, 3.05) is 24.3 Å². The Labute approximate surface area is 165 Å². The Morgan fingerprint density at radius 3 is 2.18 bits per heavy atom. The maximum atomic E-state index is 12.7. The van der Waals surface area contributed by atoms with Crippen molar-refractivity contribution in [3.8, 4) is 5.75 Å². The van der Waals surface area contributed by atoms with E-state index in [1.54, 1.807) is 31.4 Å². The lowest BCUT2D eigenvalue weighted by Gasteiger charge is -2.19. The monoisotopic (exact) mass is 384 g/mol. The minimum atomic E-state index is -0.661. The largest absolute Gasteiger partial charge is 0.497 e. The molecular formula is C21H28N4O3. The molecule has 3 amide bonds. The number of unbranched alkanes of at least 4 members (excludes halogenated alkanes) is 1. The lowest BCUT2D eigenvalue weighted by molar-refractivity contribution is -0.118. The van der Waals surface area contributed by atoms with E-state index in [2.05, 4.69) is 16.0 Å². The van der Waals surface area contributed by atoms with Gasteiger partial charge in [0.15, 0.2) is 0 Å². The first kappa shape index (κ1) is 21.2. The van der Waals surface area contributed by atoms with Crippen LogP contribution in [0.2, 0.25) is 0 Å². The number of benzene rings is 2. The number of carbonyl (C=O) groups excluding carboxylic acids is 2. The van der Waals surface area contributed by atoms with Crippen molar-refractivity contribution in [2.45, 2.75) is 32.2 Å². The van der Waals surface area contributed by atoms with Crippen molar-refractivity contribution in [1.82, 2.24) is 5.32 Å². The third kappa shape index (κ3) is 6.92. The smallest absolute Gasteiger partial charge is 0.319 e. The van der Waals surface area contributed by atoms with E-state index in [4.69, 9.17) is 10.5 Å². The lowest BCUT2D eigenvalue weighted by atomic mass is 10.1. The number of ether oxygens (including phenoxy) is 1. The number of hydrogen-bond acceptors (Lipinski definition) is 4. The molecule has 0 radical (unpaired) electrons. The van der Waals surface area contributed by atoms with Crippen LogP contribution in [-0.4, -0.2) is 31.6 Å². The molecule has 0 aromatic heterocycles. The maximum absolute atomic E-state index is 12.7. The van der Waals surface area contributed by atoms with Crippen molar-refractivity contribution < 1.29 is 14.3 Å². The van der Waals surface area contributed by atoms with Gasteiger partial charge < -0.3 is 26.4 Å². The molecule has 7 heteroatoms. The topological polar surface area (TPSA) is 105 Å². The van der Waals surface area contributed by atoms with Crippen molar-refractivity contribution >= 4 is 23.3 Å². The molecule has 0 fully saturated rings. The molecule has 0 spiro atoms. The highest BCUT2D eigenvalue weighted by Gasteiger charge is 2.20. The fourth-order valence-electron chi connectivity index (χ4n) is 2.63. The van der Waals surface area contributed by atoms with E-state index in [9.17, 15) is 9.59 Å². The number of urea groups is 1. The van der Waals surface area contributed by atoms with E-state index in [0.717, 1.165) is 18.4 Å². The highest BCUT2D eigenvalue weighted by atomic mass is 16.5. The number of nitrogens with one attached hydrogen (secondary N) is 3. The van der Waals surface area contributed by atoms with Crippen LogP contribution in [-0.2, 0) is 4.79 Å². The third-order valence-electron chi connectivity index (χ3n) is 4.24. The Morgan fingerprint density at radius 1 is 0.964 bits per heavy atom. The van der Waals surface area contributed by atoms with E-state index in [0.29, 0.717) is 30.1 Å². The molecule has 0 heterocycles.